The third kappa shape index (κ3) is 6.62. The van der Waals surface area contributed by atoms with Crippen molar-refractivity contribution < 1.29 is 24.6 Å². The summed E-state index contributed by atoms with van der Waals surface area (Å²) in [4.78, 5) is 43.7. The lowest BCUT2D eigenvalue weighted by atomic mass is 9.75. The normalized spacial score (nSPS) is 20.9. The van der Waals surface area contributed by atoms with Crippen molar-refractivity contribution in [3.8, 4) is 0 Å². The number of anilines is 1. The minimum atomic E-state index is -1.21. The van der Waals surface area contributed by atoms with Crippen molar-refractivity contribution in [2.24, 2.45) is 10.9 Å². The van der Waals surface area contributed by atoms with Crippen LogP contribution in [0.3, 0.4) is 0 Å². The zero-order valence-corrected chi connectivity index (χ0v) is 24.5. The first-order valence-electron chi connectivity index (χ1n) is 14.8. The van der Waals surface area contributed by atoms with E-state index in [0.29, 0.717) is 29.5 Å². The molecule has 2 heterocycles. The summed E-state index contributed by atoms with van der Waals surface area (Å²) in [6, 6.07) is 21.7. The number of hydrogen-bond donors (Lipinski definition) is 4. The van der Waals surface area contributed by atoms with E-state index in [1.165, 1.54) is 29.2 Å². The Morgan fingerprint density at radius 3 is 2.53 bits per heavy atom. The number of fused-ring (bicyclic) bond motifs is 1. The number of aliphatic carboxylic acids is 2. The molecule has 3 unspecified atom stereocenters. The van der Waals surface area contributed by atoms with Gasteiger partial charge in [0.1, 0.15) is 5.92 Å². The largest absolute Gasteiger partial charge is 0.481 e. The Bertz CT molecular complexity index is 1590. The summed E-state index contributed by atoms with van der Waals surface area (Å²) >= 11 is 0. The lowest BCUT2D eigenvalue weighted by molar-refractivity contribution is -0.140. The fourth-order valence-corrected chi connectivity index (χ4v) is 6.62. The predicted molar refractivity (Wildman–Crippen MR) is 168 cm³/mol. The molecule has 0 bridgehead atoms. The van der Waals surface area contributed by atoms with Crippen LogP contribution in [0, 0.1) is 5.92 Å². The maximum atomic E-state index is 12.8. The first-order valence-corrected chi connectivity index (χ1v) is 14.8. The van der Waals surface area contributed by atoms with Gasteiger partial charge in [-0.05, 0) is 73.7 Å². The number of amides is 2. The summed E-state index contributed by atoms with van der Waals surface area (Å²) < 4.78 is 0. The lowest BCUT2D eigenvalue weighted by Gasteiger charge is -2.36. The van der Waals surface area contributed by atoms with E-state index in [0.717, 1.165) is 25.9 Å². The van der Waals surface area contributed by atoms with E-state index in [-0.39, 0.29) is 17.3 Å². The molecule has 0 aliphatic carbocycles. The van der Waals surface area contributed by atoms with Crippen molar-refractivity contribution in [1.29, 1.82) is 0 Å². The smallest absolute Gasteiger partial charge is 0.334 e. The SMILES string of the molecule is CC1=NC(C)=C(C(=O)O)C(c2cccc(NC(=O)NCCCN3CCCCC3c3cccc4ccccc34)c2)C1C(=O)O. The van der Waals surface area contributed by atoms with Crippen LogP contribution in [0.25, 0.3) is 10.8 Å². The first-order chi connectivity index (χ1) is 20.7. The molecule has 0 spiro atoms. The molecule has 4 N–H and O–H groups in total. The fraction of sp³-hybridized carbons (Fsp3) is 0.353. The Morgan fingerprint density at radius 2 is 1.74 bits per heavy atom. The molecule has 2 aliphatic rings. The number of rotatable bonds is 9. The van der Waals surface area contributed by atoms with Crippen molar-refractivity contribution in [2.75, 3.05) is 25.0 Å². The molecule has 3 atom stereocenters. The standard InChI is InChI=1S/C34H38N4O5/c1-21-29(32(39)40)31(30(33(41)42)22(2)36-21)24-12-7-13-25(20-24)37-34(43)35-17-9-19-38-18-6-5-16-28(38)27-15-8-11-23-10-3-4-14-26(23)27/h3-4,7-8,10-15,20,28-29,31H,5-6,9,16-19H2,1-2H3,(H,39,40)(H,41,42)(H2,35,37,43). The summed E-state index contributed by atoms with van der Waals surface area (Å²) in [5.41, 5.74) is 2.87. The fourth-order valence-electron chi connectivity index (χ4n) is 6.62. The van der Waals surface area contributed by atoms with Gasteiger partial charge in [-0.25, -0.2) is 9.59 Å². The number of carbonyl (C=O) groups is 3. The molecule has 3 aromatic rings. The number of nitrogens with zero attached hydrogens (tertiary/aromatic N) is 2. The number of benzene rings is 3. The predicted octanol–water partition coefficient (Wildman–Crippen LogP) is 6.20. The highest BCUT2D eigenvalue weighted by atomic mass is 16.4. The monoisotopic (exact) mass is 582 g/mol. The van der Waals surface area contributed by atoms with Crippen molar-refractivity contribution in [3.05, 3.63) is 89.1 Å². The molecular formula is C34H38N4O5. The molecule has 9 heteroatoms. The number of nitrogens with one attached hydrogen (secondary N) is 2. The molecule has 43 heavy (non-hydrogen) atoms. The van der Waals surface area contributed by atoms with Gasteiger partial charge in [0, 0.05) is 42.1 Å². The maximum Gasteiger partial charge on any atom is 0.334 e. The van der Waals surface area contributed by atoms with Crippen LogP contribution in [0.5, 0.6) is 0 Å². The van der Waals surface area contributed by atoms with E-state index >= 15 is 0 Å². The van der Waals surface area contributed by atoms with Crippen molar-refractivity contribution in [3.63, 3.8) is 0 Å². The number of piperidine rings is 1. The number of allylic oxidation sites excluding steroid dienone is 1. The van der Waals surface area contributed by atoms with Crippen LogP contribution in [-0.2, 0) is 9.59 Å². The average Bonchev–Trinajstić information content (AvgIpc) is 2.98. The summed E-state index contributed by atoms with van der Waals surface area (Å²) in [5.74, 6) is -4.41. The van der Waals surface area contributed by atoms with Gasteiger partial charge in [0.25, 0.3) is 0 Å². The number of carbonyl (C=O) groups excluding carboxylic acids is 1. The van der Waals surface area contributed by atoms with Gasteiger partial charge in [-0.2, -0.15) is 0 Å². The second-order valence-electron chi connectivity index (χ2n) is 11.3. The van der Waals surface area contributed by atoms with Crippen LogP contribution in [0.2, 0.25) is 0 Å². The van der Waals surface area contributed by atoms with Crippen LogP contribution in [0.4, 0.5) is 10.5 Å². The molecule has 1 saturated heterocycles. The van der Waals surface area contributed by atoms with E-state index < -0.39 is 23.8 Å². The van der Waals surface area contributed by atoms with Crippen LogP contribution in [0.1, 0.15) is 62.6 Å². The number of carboxylic acids is 2. The number of urea groups is 1. The molecule has 224 valence electrons. The molecule has 0 saturated carbocycles. The molecule has 2 aliphatic heterocycles. The third-order valence-corrected chi connectivity index (χ3v) is 8.53. The Hall–Kier alpha value is -4.50. The zero-order valence-electron chi connectivity index (χ0n) is 24.5. The number of carboxylic acid groups (broad SMARTS) is 2. The van der Waals surface area contributed by atoms with Gasteiger partial charge in [0.2, 0.25) is 0 Å². The van der Waals surface area contributed by atoms with E-state index in [1.54, 1.807) is 38.1 Å². The second-order valence-corrected chi connectivity index (χ2v) is 11.3. The lowest BCUT2D eigenvalue weighted by Crippen LogP contribution is -2.37. The van der Waals surface area contributed by atoms with Crippen molar-refractivity contribution >= 4 is 40.1 Å². The van der Waals surface area contributed by atoms with Crippen LogP contribution in [0.15, 0.2) is 83.0 Å². The van der Waals surface area contributed by atoms with Gasteiger partial charge in [-0.1, -0.05) is 61.0 Å². The number of likely N-dealkylation sites (tertiary alicyclic amines) is 1. The van der Waals surface area contributed by atoms with Gasteiger partial charge in [0.15, 0.2) is 0 Å². The van der Waals surface area contributed by atoms with E-state index in [4.69, 9.17) is 0 Å². The molecule has 9 nitrogen and oxygen atoms in total. The Kier molecular flexibility index (Phi) is 9.21. The molecule has 5 rings (SSSR count). The maximum absolute atomic E-state index is 12.8. The zero-order chi connectivity index (χ0) is 30.5. The van der Waals surface area contributed by atoms with E-state index in [9.17, 15) is 24.6 Å². The molecule has 3 aromatic carbocycles. The Balaban J connectivity index is 1.20. The molecule has 1 fully saturated rings. The average molecular weight is 583 g/mol. The van der Waals surface area contributed by atoms with Crippen molar-refractivity contribution in [1.82, 2.24) is 10.2 Å². The second kappa shape index (κ2) is 13.2. The van der Waals surface area contributed by atoms with Crippen molar-refractivity contribution in [2.45, 2.75) is 51.5 Å². The highest BCUT2D eigenvalue weighted by Gasteiger charge is 2.41. The quantitative estimate of drug-likeness (QED) is 0.222. The summed E-state index contributed by atoms with van der Waals surface area (Å²) in [5, 5.41) is 28.1. The summed E-state index contributed by atoms with van der Waals surface area (Å²) in [6.45, 7) is 5.56. The molecule has 0 radical (unpaired) electrons. The van der Waals surface area contributed by atoms with E-state index in [1.807, 2.05) is 0 Å². The number of hydrogen-bond acceptors (Lipinski definition) is 5. The van der Waals surface area contributed by atoms with Gasteiger partial charge >= 0.3 is 18.0 Å². The van der Waals surface area contributed by atoms with Gasteiger partial charge in [-0.15, -0.1) is 0 Å². The van der Waals surface area contributed by atoms with Crippen LogP contribution < -0.4 is 10.6 Å². The number of aliphatic imine (C=N–C) groups is 1. The molecule has 0 aromatic heterocycles. The van der Waals surface area contributed by atoms with Crippen LogP contribution >= 0.6 is 0 Å². The topological polar surface area (TPSA) is 131 Å². The third-order valence-electron chi connectivity index (χ3n) is 8.53. The Morgan fingerprint density at radius 1 is 0.977 bits per heavy atom. The molecular weight excluding hydrogens is 544 g/mol. The minimum Gasteiger partial charge on any atom is -0.481 e. The van der Waals surface area contributed by atoms with Crippen LogP contribution in [-0.4, -0.2) is 58.4 Å². The minimum absolute atomic E-state index is 0.0564. The van der Waals surface area contributed by atoms with Gasteiger partial charge in [-0.3, -0.25) is 14.7 Å². The first kappa shape index (κ1) is 30.0. The summed E-state index contributed by atoms with van der Waals surface area (Å²) in [6.07, 6.45) is 4.28. The van der Waals surface area contributed by atoms with Gasteiger partial charge < -0.3 is 20.8 Å². The van der Waals surface area contributed by atoms with Gasteiger partial charge in [0.05, 0.1) is 5.57 Å². The van der Waals surface area contributed by atoms with E-state index in [2.05, 4.69) is 63.0 Å². The molecule has 2 amide bonds. The highest BCUT2D eigenvalue weighted by Crippen LogP contribution is 2.40. The Labute approximate surface area is 251 Å². The highest BCUT2D eigenvalue weighted by molar-refractivity contribution is 6.06. The summed E-state index contributed by atoms with van der Waals surface area (Å²) in [7, 11) is 0.